The van der Waals surface area contributed by atoms with Crippen LogP contribution in [0.4, 0.5) is 0 Å². The van der Waals surface area contributed by atoms with Crippen LogP contribution < -0.4 is 5.32 Å². The molecule has 100 valence electrons. The highest BCUT2D eigenvalue weighted by Gasteiger charge is 2.16. The Bertz CT molecular complexity index is 728. The van der Waals surface area contributed by atoms with Crippen molar-refractivity contribution in [1.82, 2.24) is 19.7 Å². The van der Waals surface area contributed by atoms with Gasteiger partial charge in [0.05, 0.1) is 11.0 Å². The lowest BCUT2D eigenvalue weighted by molar-refractivity contribution is 0.591. The molecule has 0 saturated carbocycles. The fourth-order valence-corrected chi connectivity index (χ4v) is 2.40. The molecule has 0 saturated heterocycles. The quantitative estimate of drug-likeness (QED) is 0.740. The molecule has 1 aromatic carbocycles. The number of fused-ring (bicyclic) bond motifs is 3. The summed E-state index contributed by atoms with van der Waals surface area (Å²) in [6.07, 6.45) is 2.11. The number of hydrogen-bond acceptors (Lipinski definition) is 2. The first-order chi connectivity index (χ1) is 8.99. The van der Waals surface area contributed by atoms with E-state index in [2.05, 4.69) is 64.9 Å². The van der Waals surface area contributed by atoms with E-state index in [1.54, 1.807) is 0 Å². The van der Waals surface area contributed by atoms with Gasteiger partial charge in [0.25, 0.3) is 0 Å². The number of rotatable bonds is 2. The van der Waals surface area contributed by atoms with Crippen LogP contribution in [-0.4, -0.2) is 21.4 Å². The summed E-state index contributed by atoms with van der Waals surface area (Å²) in [4.78, 5) is 8.01. The lowest BCUT2D eigenvalue weighted by Gasteiger charge is -2.18. The summed E-state index contributed by atoms with van der Waals surface area (Å²) in [6.45, 7) is 7.49. The van der Waals surface area contributed by atoms with E-state index in [9.17, 15) is 0 Å². The van der Waals surface area contributed by atoms with E-state index < -0.39 is 0 Å². The van der Waals surface area contributed by atoms with Gasteiger partial charge in [-0.15, -0.1) is 0 Å². The van der Waals surface area contributed by atoms with Crippen LogP contribution >= 0.6 is 0 Å². The molecule has 4 nitrogen and oxygen atoms in total. The molecule has 4 heteroatoms. The van der Waals surface area contributed by atoms with Crippen molar-refractivity contribution in [3.8, 4) is 0 Å². The number of aromatic amines is 1. The van der Waals surface area contributed by atoms with Crippen molar-refractivity contribution in [2.24, 2.45) is 0 Å². The Labute approximate surface area is 112 Å². The van der Waals surface area contributed by atoms with Crippen LogP contribution in [0.25, 0.3) is 16.8 Å². The first-order valence-corrected chi connectivity index (χ1v) is 6.64. The average molecular weight is 256 g/mol. The molecule has 0 amide bonds. The number of H-pyrrole nitrogens is 1. The Morgan fingerprint density at radius 1 is 1.32 bits per heavy atom. The molecule has 0 aliphatic carbocycles. The smallest absolute Gasteiger partial charge is 0.212 e. The standard InChI is InChI=1S/C15H20N4/c1-15(2,3)10-5-6-13-12(7-10)18-14-17-11(8-16-4)9-19(13)14/h5-7,9,16H,8H2,1-4H3,(H,17,18). The first-order valence-electron chi connectivity index (χ1n) is 6.64. The molecule has 0 radical (unpaired) electrons. The number of imidazole rings is 2. The Morgan fingerprint density at radius 3 is 2.79 bits per heavy atom. The van der Waals surface area contributed by atoms with Crippen LogP contribution in [0.1, 0.15) is 32.0 Å². The van der Waals surface area contributed by atoms with Crippen LogP contribution in [-0.2, 0) is 12.0 Å². The zero-order valence-electron chi connectivity index (χ0n) is 11.9. The molecule has 0 fully saturated rings. The van der Waals surface area contributed by atoms with E-state index >= 15 is 0 Å². The van der Waals surface area contributed by atoms with Crippen molar-refractivity contribution in [3.63, 3.8) is 0 Å². The highest BCUT2D eigenvalue weighted by Crippen LogP contribution is 2.26. The number of aromatic nitrogens is 3. The summed E-state index contributed by atoms with van der Waals surface area (Å²) in [5.74, 6) is 0.909. The van der Waals surface area contributed by atoms with Crippen LogP contribution in [0.15, 0.2) is 24.4 Å². The van der Waals surface area contributed by atoms with Gasteiger partial charge in [-0.1, -0.05) is 26.8 Å². The second-order valence-corrected chi connectivity index (χ2v) is 6.07. The maximum absolute atomic E-state index is 4.67. The molecule has 2 N–H and O–H groups in total. The monoisotopic (exact) mass is 256 g/mol. The molecule has 0 aliphatic rings. The Balaban J connectivity index is 2.16. The molecule has 3 rings (SSSR count). The first kappa shape index (κ1) is 12.2. The molecule has 0 atom stereocenters. The van der Waals surface area contributed by atoms with Crippen LogP contribution in [0.5, 0.6) is 0 Å². The predicted molar refractivity (Wildman–Crippen MR) is 78.5 cm³/mol. The minimum atomic E-state index is 0.156. The Kier molecular flexibility index (Phi) is 2.64. The average Bonchev–Trinajstić information content (AvgIpc) is 2.84. The van der Waals surface area contributed by atoms with Crippen molar-refractivity contribution < 1.29 is 0 Å². The molecule has 0 spiro atoms. The van der Waals surface area contributed by atoms with Crippen molar-refractivity contribution >= 4 is 16.8 Å². The zero-order valence-corrected chi connectivity index (χ0v) is 11.9. The summed E-state index contributed by atoms with van der Waals surface area (Å²) in [5, 5.41) is 3.14. The molecule has 0 unspecified atom stereocenters. The van der Waals surface area contributed by atoms with Crippen LogP contribution in [0.2, 0.25) is 0 Å². The summed E-state index contributed by atoms with van der Waals surface area (Å²) >= 11 is 0. The molecule has 0 aliphatic heterocycles. The largest absolute Gasteiger partial charge is 0.326 e. The maximum atomic E-state index is 4.67. The fraction of sp³-hybridized carbons (Fsp3) is 0.400. The topological polar surface area (TPSA) is 45.1 Å². The van der Waals surface area contributed by atoms with Gasteiger partial charge in [-0.25, -0.2) is 4.98 Å². The summed E-state index contributed by atoms with van der Waals surface area (Å²) < 4.78 is 2.12. The number of nitrogens with zero attached hydrogens (tertiary/aromatic N) is 2. The third-order valence-electron chi connectivity index (χ3n) is 3.48. The highest BCUT2D eigenvalue weighted by molar-refractivity contribution is 5.80. The number of hydrogen-bond donors (Lipinski definition) is 2. The fourth-order valence-electron chi connectivity index (χ4n) is 2.40. The van der Waals surface area contributed by atoms with Gasteiger partial charge in [0.15, 0.2) is 0 Å². The summed E-state index contributed by atoms with van der Waals surface area (Å²) in [5.41, 5.74) is 4.82. The van der Waals surface area contributed by atoms with Crippen molar-refractivity contribution in [1.29, 1.82) is 0 Å². The second kappa shape index (κ2) is 4.10. The van der Waals surface area contributed by atoms with Crippen molar-refractivity contribution in [2.45, 2.75) is 32.7 Å². The molecule has 19 heavy (non-hydrogen) atoms. The van der Waals surface area contributed by atoms with Gasteiger partial charge in [0.1, 0.15) is 0 Å². The van der Waals surface area contributed by atoms with Crippen LogP contribution in [0.3, 0.4) is 0 Å². The number of benzene rings is 1. The van der Waals surface area contributed by atoms with E-state index in [0.717, 1.165) is 29.0 Å². The summed E-state index contributed by atoms with van der Waals surface area (Å²) in [6, 6.07) is 6.54. The van der Waals surface area contributed by atoms with Crippen molar-refractivity contribution in [2.75, 3.05) is 7.05 Å². The third kappa shape index (κ3) is 2.02. The molecular formula is C15H20N4. The molecular weight excluding hydrogens is 236 g/mol. The van der Waals surface area contributed by atoms with Gasteiger partial charge in [0.2, 0.25) is 5.78 Å². The predicted octanol–water partition coefficient (Wildman–Crippen LogP) is 2.83. The minimum absolute atomic E-state index is 0.156. The third-order valence-corrected chi connectivity index (χ3v) is 3.48. The second-order valence-electron chi connectivity index (χ2n) is 6.07. The molecule has 0 bridgehead atoms. The van der Waals surface area contributed by atoms with Gasteiger partial charge >= 0.3 is 0 Å². The van der Waals surface area contributed by atoms with E-state index in [4.69, 9.17) is 0 Å². The van der Waals surface area contributed by atoms with Gasteiger partial charge in [-0.3, -0.25) is 4.40 Å². The lowest BCUT2D eigenvalue weighted by Crippen LogP contribution is -2.10. The van der Waals surface area contributed by atoms with E-state index in [-0.39, 0.29) is 5.41 Å². The van der Waals surface area contributed by atoms with Gasteiger partial charge in [0, 0.05) is 18.4 Å². The van der Waals surface area contributed by atoms with E-state index in [0.29, 0.717) is 0 Å². The Morgan fingerprint density at radius 2 is 2.11 bits per heavy atom. The maximum Gasteiger partial charge on any atom is 0.212 e. The highest BCUT2D eigenvalue weighted by atomic mass is 15.1. The summed E-state index contributed by atoms with van der Waals surface area (Å²) in [7, 11) is 1.94. The molecule has 2 aromatic heterocycles. The SMILES string of the molecule is CNCc1cn2c(nc3cc(C(C)(C)C)ccc32)[nH]1. The zero-order chi connectivity index (χ0) is 13.6. The van der Waals surface area contributed by atoms with E-state index in [1.807, 2.05) is 7.05 Å². The van der Waals surface area contributed by atoms with E-state index in [1.165, 1.54) is 5.56 Å². The number of nitrogens with one attached hydrogen (secondary N) is 2. The lowest BCUT2D eigenvalue weighted by atomic mass is 9.87. The Hall–Kier alpha value is -1.81. The van der Waals surface area contributed by atoms with Crippen molar-refractivity contribution in [3.05, 3.63) is 35.7 Å². The molecule has 2 heterocycles. The minimum Gasteiger partial charge on any atom is -0.326 e. The van der Waals surface area contributed by atoms with Crippen LogP contribution in [0, 0.1) is 0 Å². The molecule has 3 aromatic rings. The van der Waals surface area contributed by atoms with Gasteiger partial charge in [-0.05, 0) is 30.2 Å². The van der Waals surface area contributed by atoms with Gasteiger partial charge < -0.3 is 10.3 Å². The van der Waals surface area contributed by atoms with Gasteiger partial charge in [-0.2, -0.15) is 0 Å². The normalized spacial score (nSPS) is 12.6.